The zero-order valence-corrected chi connectivity index (χ0v) is 15.1. The highest BCUT2D eigenvalue weighted by Crippen LogP contribution is 2.42. The van der Waals surface area contributed by atoms with Crippen molar-refractivity contribution >= 4 is 11.8 Å². The highest BCUT2D eigenvalue weighted by Gasteiger charge is 2.43. The molecule has 3 heteroatoms. The lowest BCUT2D eigenvalue weighted by Gasteiger charge is -2.43. The first-order chi connectivity index (χ1) is 10.2. The average Bonchev–Trinajstić information content (AvgIpc) is 2.94. The van der Waals surface area contributed by atoms with Gasteiger partial charge in [-0.15, -0.1) is 0 Å². The summed E-state index contributed by atoms with van der Waals surface area (Å²) in [6.45, 7) is 9.04. The van der Waals surface area contributed by atoms with Crippen LogP contribution in [0.4, 0.5) is 0 Å². The van der Waals surface area contributed by atoms with E-state index in [9.17, 15) is 0 Å². The van der Waals surface area contributed by atoms with Gasteiger partial charge in [0.05, 0.1) is 5.60 Å². The number of hydrogen-bond donors (Lipinski definition) is 1. The fraction of sp³-hybridized carbons (Fsp3) is 1.00. The van der Waals surface area contributed by atoms with Crippen molar-refractivity contribution < 1.29 is 4.74 Å². The molecule has 2 fully saturated rings. The zero-order chi connectivity index (χ0) is 15.1. The summed E-state index contributed by atoms with van der Waals surface area (Å²) in [6.07, 6.45) is 9.24. The molecular weight excluding hydrogens is 278 g/mol. The topological polar surface area (TPSA) is 21.3 Å². The van der Waals surface area contributed by atoms with Crippen molar-refractivity contribution in [1.82, 2.24) is 5.32 Å². The van der Waals surface area contributed by atoms with Crippen LogP contribution in [0.15, 0.2) is 0 Å². The van der Waals surface area contributed by atoms with Gasteiger partial charge in [-0.25, -0.2) is 0 Å². The summed E-state index contributed by atoms with van der Waals surface area (Å²) < 4.78 is 6.23. The van der Waals surface area contributed by atoms with E-state index < -0.39 is 0 Å². The second kappa shape index (κ2) is 8.79. The van der Waals surface area contributed by atoms with Crippen LogP contribution in [-0.2, 0) is 4.74 Å². The summed E-state index contributed by atoms with van der Waals surface area (Å²) in [6, 6.07) is 0.706. The largest absolute Gasteiger partial charge is 0.374 e. The van der Waals surface area contributed by atoms with Gasteiger partial charge >= 0.3 is 0 Å². The Hall–Kier alpha value is 0.270. The standard InChI is InChI=1S/C18H35NOS/c1-4-7-8-15(5-2)17(19-6-3)16-9-11-20-18(13-16)10-12-21-14-18/h15-17,19H,4-14H2,1-3H3. The van der Waals surface area contributed by atoms with Crippen LogP contribution in [0.25, 0.3) is 0 Å². The lowest BCUT2D eigenvalue weighted by atomic mass is 9.75. The van der Waals surface area contributed by atoms with Gasteiger partial charge < -0.3 is 10.1 Å². The first-order valence-corrected chi connectivity index (χ1v) is 10.3. The Kier molecular flexibility index (Phi) is 7.37. The second-order valence-corrected chi connectivity index (χ2v) is 8.09. The maximum atomic E-state index is 6.23. The van der Waals surface area contributed by atoms with Crippen molar-refractivity contribution in [3.05, 3.63) is 0 Å². The molecule has 0 aromatic heterocycles. The molecule has 1 spiro atoms. The van der Waals surface area contributed by atoms with Gasteiger partial charge in [-0.1, -0.05) is 40.0 Å². The van der Waals surface area contributed by atoms with Crippen molar-refractivity contribution in [3.8, 4) is 0 Å². The summed E-state index contributed by atoms with van der Waals surface area (Å²) in [7, 11) is 0. The minimum atomic E-state index is 0.226. The minimum absolute atomic E-state index is 0.226. The molecule has 124 valence electrons. The van der Waals surface area contributed by atoms with Crippen molar-refractivity contribution in [2.24, 2.45) is 11.8 Å². The van der Waals surface area contributed by atoms with Crippen LogP contribution < -0.4 is 5.32 Å². The van der Waals surface area contributed by atoms with Gasteiger partial charge in [0.1, 0.15) is 0 Å². The molecule has 4 unspecified atom stereocenters. The van der Waals surface area contributed by atoms with E-state index >= 15 is 0 Å². The number of rotatable bonds is 8. The number of ether oxygens (including phenoxy) is 1. The fourth-order valence-electron chi connectivity index (χ4n) is 4.29. The van der Waals surface area contributed by atoms with Gasteiger partial charge in [-0.05, 0) is 49.8 Å². The number of hydrogen-bond acceptors (Lipinski definition) is 3. The monoisotopic (exact) mass is 313 g/mol. The summed E-state index contributed by atoms with van der Waals surface area (Å²) >= 11 is 2.09. The Morgan fingerprint density at radius 1 is 1.33 bits per heavy atom. The van der Waals surface area contributed by atoms with Crippen molar-refractivity contribution in [2.75, 3.05) is 24.7 Å². The minimum Gasteiger partial charge on any atom is -0.374 e. The van der Waals surface area contributed by atoms with Crippen LogP contribution in [0.3, 0.4) is 0 Å². The van der Waals surface area contributed by atoms with E-state index in [4.69, 9.17) is 4.74 Å². The van der Waals surface area contributed by atoms with Crippen LogP contribution in [-0.4, -0.2) is 36.3 Å². The van der Waals surface area contributed by atoms with E-state index in [1.807, 2.05) is 0 Å². The van der Waals surface area contributed by atoms with E-state index in [1.165, 1.54) is 56.5 Å². The van der Waals surface area contributed by atoms with E-state index in [0.29, 0.717) is 6.04 Å². The number of unbranched alkanes of at least 4 members (excludes halogenated alkanes) is 1. The van der Waals surface area contributed by atoms with Crippen LogP contribution in [0, 0.1) is 11.8 Å². The highest BCUT2D eigenvalue weighted by molar-refractivity contribution is 7.99. The van der Waals surface area contributed by atoms with E-state index in [0.717, 1.165) is 25.0 Å². The normalized spacial score (nSPS) is 32.4. The predicted molar refractivity (Wildman–Crippen MR) is 94.1 cm³/mol. The van der Waals surface area contributed by atoms with E-state index in [1.54, 1.807) is 0 Å². The first-order valence-electron chi connectivity index (χ1n) is 9.19. The third-order valence-electron chi connectivity index (χ3n) is 5.51. The second-order valence-electron chi connectivity index (χ2n) is 6.98. The van der Waals surface area contributed by atoms with Gasteiger partial charge in [0.2, 0.25) is 0 Å². The molecule has 0 aromatic rings. The van der Waals surface area contributed by atoms with Crippen molar-refractivity contribution in [2.45, 2.75) is 77.4 Å². The van der Waals surface area contributed by atoms with E-state index in [2.05, 4.69) is 37.8 Å². The Morgan fingerprint density at radius 2 is 2.19 bits per heavy atom. The molecular formula is C18H35NOS. The lowest BCUT2D eigenvalue weighted by Crippen LogP contribution is -2.49. The molecule has 21 heavy (non-hydrogen) atoms. The van der Waals surface area contributed by atoms with Gasteiger partial charge in [-0.2, -0.15) is 11.8 Å². The van der Waals surface area contributed by atoms with Gasteiger partial charge in [-0.3, -0.25) is 0 Å². The molecule has 0 amide bonds. The predicted octanol–water partition coefficient (Wildman–Crippen LogP) is 4.48. The SMILES string of the molecule is CCCCC(CC)C(NCC)C1CCOC2(CCSC2)C1. The number of nitrogens with one attached hydrogen (secondary N) is 1. The quantitative estimate of drug-likeness (QED) is 0.714. The molecule has 2 saturated heterocycles. The zero-order valence-electron chi connectivity index (χ0n) is 14.3. The van der Waals surface area contributed by atoms with Crippen LogP contribution in [0.5, 0.6) is 0 Å². The Morgan fingerprint density at radius 3 is 2.81 bits per heavy atom. The lowest BCUT2D eigenvalue weighted by molar-refractivity contribution is -0.0887. The molecule has 2 heterocycles. The van der Waals surface area contributed by atoms with Gasteiger partial charge in [0.25, 0.3) is 0 Å². The maximum Gasteiger partial charge on any atom is 0.0783 e. The molecule has 0 aliphatic carbocycles. The summed E-state index contributed by atoms with van der Waals surface area (Å²) in [5.41, 5.74) is 0.226. The summed E-state index contributed by atoms with van der Waals surface area (Å²) in [5.74, 6) is 4.19. The number of thioether (sulfide) groups is 1. The van der Waals surface area contributed by atoms with Gasteiger partial charge in [0.15, 0.2) is 0 Å². The van der Waals surface area contributed by atoms with Crippen LogP contribution >= 0.6 is 11.8 Å². The fourth-order valence-corrected chi connectivity index (χ4v) is 5.67. The Balaban J connectivity index is 2.01. The maximum absolute atomic E-state index is 6.23. The summed E-state index contributed by atoms with van der Waals surface area (Å²) in [5, 5.41) is 3.86. The summed E-state index contributed by atoms with van der Waals surface area (Å²) in [4.78, 5) is 0. The molecule has 2 nitrogen and oxygen atoms in total. The Labute approximate surface area is 136 Å². The molecule has 2 aliphatic rings. The average molecular weight is 314 g/mol. The molecule has 0 saturated carbocycles. The molecule has 0 aromatic carbocycles. The van der Waals surface area contributed by atoms with Crippen LogP contribution in [0.2, 0.25) is 0 Å². The Bertz CT molecular complexity index is 291. The van der Waals surface area contributed by atoms with Crippen LogP contribution in [0.1, 0.15) is 65.7 Å². The smallest absolute Gasteiger partial charge is 0.0783 e. The molecule has 2 rings (SSSR count). The third kappa shape index (κ3) is 4.62. The molecule has 0 radical (unpaired) electrons. The highest BCUT2D eigenvalue weighted by atomic mass is 32.2. The molecule has 1 N–H and O–H groups in total. The van der Waals surface area contributed by atoms with Crippen molar-refractivity contribution in [1.29, 1.82) is 0 Å². The molecule has 2 aliphatic heterocycles. The molecule has 0 bridgehead atoms. The first kappa shape index (κ1) is 17.6. The van der Waals surface area contributed by atoms with E-state index in [-0.39, 0.29) is 5.60 Å². The van der Waals surface area contributed by atoms with Crippen molar-refractivity contribution in [3.63, 3.8) is 0 Å². The third-order valence-corrected chi connectivity index (χ3v) is 6.73. The van der Waals surface area contributed by atoms with Gasteiger partial charge in [0, 0.05) is 18.4 Å². The molecule has 4 atom stereocenters.